The van der Waals surface area contributed by atoms with Crippen LogP contribution < -0.4 is 5.32 Å². The van der Waals surface area contributed by atoms with Crippen LogP contribution in [0.2, 0.25) is 10.0 Å². The predicted molar refractivity (Wildman–Crippen MR) is 103 cm³/mol. The molecule has 0 atom stereocenters. The lowest BCUT2D eigenvalue weighted by Crippen LogP contribution is -2.22. The van der Waals surface area contributed by atoms with Crippen molar-refractivity contribution in [1.82, 2.24) is 4.31 Å². The Kier molecular flexibility index (Phi) is 6.83. The number of sulfonamides is 1. The van der Waals surface area contributed by atoms with Gasteiger partial charge in [-0.1, -0.05) is 23.2 Å². The van der Waals surface area contributed by atoms with Crippen molar-refractivity contribution < 1.29 is 22.7 Å². The molecule has 1 amide bonds. The van der Waals surface area contributed by atoms with E-state index in [0.29, 0.717) is 10.7 Å². The fraction of sp³-hybridized carbons (Fsp3) is 0.176. The molecule has 2 aromatic rings. The normalized spacial score (nSPS) is 11.3. The standard InChI is InChI=1S/C17H16Cl2N2O5S/c1-21(2)27(24,25)13-6-3-11(4-7-13)17(23)26-10-16(22)20-15-8-5-12(18)9-14(15)19/h3-9H,10H2,1-2H3,(H,20,22). The van der Waals surface area contributed by atoms with Crippen LogP contribution in [0.3, 0.4) is 0 Å². The van der Waals surface area contributed by atoms with E-state index in [4.69, 9.17) is 27.9 Å². The Morgan fingerprint density at radius 1 is 1.07 bits per heavy atom. The van der Waals surface area contributed by atoms with Crippen molar-refractivity contribution in [3.63, 3.8) is 0 Å². The summed E-state index contributed by atoms with van der Waals surface area (Å²) in [6, 6.07) is 9.75. The van der Waals surface area contributed by atoms with Crippen LogP contribution in [0.5, 0.6) is 0 Å². The van der Waals surface area contributed by atoms with Gasteiger partial charge in [-0.2, -0.15) is 0 Å². The third-order valence-electron chi connectivity index (χ3n) is 3.41. The first-order valence-corrected chi connectivity index (χ1v) is 9.75. The van der Waals surface area contributed by atoms with E-state index in [0.717, 1.165) is 4.31 Å². The van der Waals surface area contributed by atoms with Crippen molar-refractivity contribution in [3.05, 3.63) is 58.1 Å². The van der Waals surface area contributed by atoms with Crippen molar-refractivity contribution in [2.45, 2.75) is 4.90 Å². The molecular formula is C17H16Cl2N2O5S. The van der Waals surface area contributed by atoms with Crippen LogP contribution in [0.4, 0.5) is 5.69 Å². The van der Waals surface area contributed by atoms with Gasteiger partial charge in [-0.3, -0.25) is 4.79 Å². The largest absolute Gasteiger partial charge is 0.452 e. The maximum absolute atomic E-state index is 12.0. The predicted octanol–water partition coefficient (Wildman–Crippen LogP) is 3.04. The molecule has 0 saturated heterocycles. The Morgan fingerprint density at radius 3 is 2.26 bits per heavy atom. The quantitative estimate of drug-likeness (QED) is 0.710. The number of halogens is 2. The zero-order valence-corrected chi connectivity index (χ0v) is 16.7. The first kappa shape index (κ1) is 21.2. The number of rotatable bonds is 6. The topological polar surface area (TPSA) is 92.8 Å². The maximum Gasteiger partial charge on any atom is 0.338 e. The summed E-state index contributed by atoms with van der Waals surface area (Å²) in [4.78, 5) is 23.9. The molecule has 2 aromatic carbocycles. The Labute approximate surface area is 166 Å². The van der Waals surface area contributed by atoms with Gasteiger partial charge < -0.3 is 10.1 Å². The lowest BCUT2D eigenvalue weighted by Gasteiger charge is -2.11. The second-order valence-electron chi connectivity index (χ2n) is 5.56. The molecule has 0 spiro atoms. The number of amides is 1. The van der Waals surface area contributed by atoms with Gasteiger partial charge in [0.2, 0.25) is 10.0 Å². The summed E-state index contributed by atoms with van der Waals surface area (Å²) in [6.07, 6.45) is 0. The van der Waals surface area contributed by atoms with Gasteiger partial charge in [-0.25, -0.2) is 17.5 Å². The van der Waals surface area contributed by atoms with Crippen molar-refractivity contribution in [3.8, 4) is 0 Å². The number of carbonyl (C=O) groups is 2. The highest BCUT2D eigenvalue weighted by Crippen LogP contribution is 2.25. The average Bonchev–Trinajstić information content (AvgIpc) is 2.62. The Hall–Kier alpha value is -2.13. The smallest absolute Gasteiger partial charge is 0.338 e. The lowest BCUT2D eigenvalue weighted by molar-refractivity contribution is -0.119. The summed E-state index contributed by atoms with van der Waals surface area (Å²) in [5, 5.41) is 3.16. The molecule has 0 radical (unpaired) electrons. The third kappa shape index (κ3) is 5.43. The summed E-state index contributed by atoms with van der Waals surface area (Å²) in [7, 11) is -0.780. The SMILES string of the molecule is CN(C)S(=O)(=O)c1ccc(C(=O)OCC(=O)Nc2ccc(Cl)cc2Cl)cc1. The van der Waals surface area contributed by atoms with Gasteiger partial charge in [0.05, 0.1) is 21.2 Å². The van der Waals surface area contributed by atoms with Crippen LogP contribution >= 0.6 is 23.2 Å². The Morgan fingerprint density at radius 2 is 1.70 bits per heavy atom. The van der Waals surface area contributed by atoms with Crippen LogP contribution in [0.15, 0.2) is 47.4 Å². The molecule has 7 nitrogen and oxygen atoms in total. The second kappa shape index (κ2) is 8.71. The number of ether oxygens (including phenoxy) is 1. The maximum atomic E-state index is 12.0. The summed E-state index contributed by atoms with van der Waals surface area (Å²) in [5.74, 6) is -1.35. The van der Waals surface area contributed by atoms with Crippen LogP contribution in [0.25, 0.3) is 0 Å². The number of nitrogens with one attached hydrogen (secondary N) is 1. The minimum atomic E-state index is -3.59. The molecule has 0 aliphatic heterocycles. The zero-order valence-electron chi connectivity index (χ0n) is 14.4. The molecular weight excluding hydrogens is 415 g/mol. The number of hydrogen-bond donors (Lipinski definition) is 1. The van der Waals surface area contributed by atoms with Gasteiger partial charge in [0.15, 0.2) is 6.61 Å². The van der Waals surface area contributed by atoms with E-state index in [-0.39, 0.29) is 15.5 Å². The van der Waals surface area contributed by atoms with E-state index >= 15 is 0 Å². The molecule has 0 heterocycles. The summed E-state index contributed by atoms with van der Waals surface area (Å²) in [6.45, 7) is -0.532. The number of anilines is 1. The van der Waals surface area contributed by atoms with Crippen molar-refractivity contribution in [2.24, 2.45) is 0 Å². The molecule has 0 aromatic heterocycles. The van der Waals surface area contributed by atoms with Crippen LogP contribution in [0.1, 0.15) is 10.4 Å². The van der Waals surface area contributed by atoms with Gasteiger partial charge in [0, 0.05) is 19.1 Å². The number of hydrogen-bond acceptors (Lipinski definition) is 5. The monoisotopic (exact) mass is 430 g/mol. The molecule has 0 unspecified atom stereocenters. The molecule has 27 heavy (non-hydrogen) atoms. The highest BCUT2D eigenvalue weighted by molar-refractivity contribution is 7.89. The van der Waals surface area contributed by atoms with E-state index in [2.05, 4.69) is 5.32 Å². The Balaban J connectivity index is 1.96. The van der Waals surface area contributed by atoms with Crippen LogP contribution in [-0.4, -0.2) is 45.3 Å². The zero-order chi connectivity index (χ0) is 20.2. The van der Waals surface area contributed by atoms with Crippen molar-refractivity contribution in [1.29, 1.82) is 0 Å². The molecule has 0 saturated carbocycles. The summed E-state index contributed by atoms with van der Waals surface area (Å²) < 4.78 is 30.0. The highest BCUT2D eigenvalue weighted by Gasteiger charge is 2.18. The fourth-order valence-corrected chi connectivity index (χ4v) is 3.32. The van der Waals surface area contributed by atoms with Crippen LogP contribution in [0, 0.1) is 0 Å². The van der Waals surface area contributed by atoms with Gasteiger partial charge in [-0.15, -0.1) is 0 Å². The van der Waals surface area contributed by atoms with Crippen molar-refractivity contribution in [2.75, 3.05) is 26.0 Å². The second-order valence-corrected chi connectivity index (χ2v) is 8.56. The Bertz CT molecular complexity index is 960. The van der Waals surface area contributed by atoms with Gasteiger partial charge >= 0.3 is 5.97 Å². The van der Waals surface area contributed by atoms with Crippen molar-refractivity contribution >= 4 is 50.8 Å². The lowest BCUT2D eigenvalue weighted by atomic mass is 10.2. The molecule has 0 aliphatic carbocycles. The fourth-order valence-electron chi connectivity index (χ4n) is 1.97. The molecule has 10 heteroatoms. The van der Waals surface area contributed by atoms with Gasteiger partial charge in [0.1, 0.15) is 0 Å². The number of nitrogens with zero attached hydrogens (tertiary/aromatic N) is 1. The minimum absolute atomic E-state index is 0.0409. The number of carbonyl (C=O) groups excluding carboxylic acids is 2. The first-order chi connectivity index (χ1) is 12.6. The van der Waals surface area contributed by atoms with E-state index in [1.807, 2.05) is 0 Å². The third-order valence-corrected chi connectivity index (χ3v) is 5.79. The van der Waals surface area contributed by atoms with Gasteiger partial charge in [-0.05, 0) is 42.5 Å². The summed E-state index contributed by atoms with van der Waals surface area (Å²) in [5.41, 5.74) is 0.449. The minimum Gasteiger partial charge on any atom is -0.452 e. The average molecular weight is 431 g/mol. The number of benzene rings is 2. The summed E-state index contributed by atoms with van der Waals surface area (Å²) >= 11 is 11.7. The molecule has 1 N–H and O–H groups in total. The van der Waals surface area contributed by atoms with E-state index in [1.54, 1.807) is 6.07 Å². The molecule has 144 valence electrons. The number of esters is 1. The molecule has 0 bridgehead atoms. The van der Waals surface area contributed by atoms with Gasteiger partial charge in [0.25, 0.3) is 5.91 Å². The highest BCUT2D eigenvalue weighted by atomic mass is 35.5. The molecule has 2 rings (SSSR count). The molecule has 0 fully saturated rings. The van der Waals surface area contributed by atoms with Crippen LogP contribution in [-0.2, 0) is 19.6 Å². The molecule has 0 aliphatic rings. The van der Waals surface area contributed by atoms with E-state index in [9.17, 15) is 18.0 Å². The van der Waals surface area contributed by atoms with E-state index < -0.39 is 28.5 Å². The van der Waals surface area contributed by atoms with E-state index in [1.165, 1.54) is 50.5 Å². The first-order valence-electron chi connectivity index (χ1n) is 7.56.